The Morgan fingerprint density at radius 1 is 0.463 bits per heavy atom. The van der Waals surface area contributed by atoms with Gasteiger partial charge in [-0.3, -0.25) is 9.59 Å². The van der Waals surface area contributed by atoms with Gasteiger partial charge in [-0.25, -0.2) is 4.79 Å². The summed E-state index contributed by atoms with van der Waals surface area (Å²) < 4.78 is 21.9. The lowest BCUT2D eigenvalue weighted by molar-refractivity contribution is -0.298. The molecule has 0 spiro atoms. The van der Waals surface area contributed by atoms with Gasteiger partial charge in [-0.1, -0.05) is 224 Å². The lowest BCUT2D eigenvalue weighted by Gasteiger charge is -2.38. The van der Waals surface area contributed by atoms with Crippen molar-refractivity contribution in [3.63, 3.8) is 0 Å². The second kappa shape index (κ2) is 45.8. The summed E-state index contributed by atoms with van der Waals surface area (Å²) in [6.45, 7) is 3.82. The summed E-state index contributed by atoms with van der Waals surface area (Å²) in [6.07, 6.45) is 46.2. The summed E-state index contributed by atoms with van der Waals surface area (Å²) in [6, 6.07) is 0. The number of carboxylic acid groups (broad SMARTS) is 1. The molecular formula is C56H100O11. The van der Waals surface area contributed by atoms with E-state index in [0.29, 0.717) is 12.8 Å². The van der Waals surface area contributed by atoms with Gasteiger partial charge in [0.1, 0.15) is 24.9 Å². The third-order valence-corrected chi connectivity index (χ3v) is 12.7. The second-order valence-electron chi connectivity index (χ2n) is 19.1. The van der Waals surface area contributed by atoms with Crippen LogP contribution in [0.5, 0.6) is 0 Å². The van der Waals surface area contributed by atoms with Gasteiger partial charge < -0.3 is 39.4 Å². The lowest BCUT2D eigenvalue weighted by Crippen LogP contribution is -2.60. The molecule has 1 heterocycles. The van der Waals surface area contributed by atoms with E-state index in [1.165, 1.54) is 141 Å². The number of rotatable bonds is 47. The van der Waals surface area contributed by atoms with Gasteiger partial charge in [-0.15, -0.1) is 0 Å². The number of unbranched alkanes of at least 4 members (excludes halogenated alkanes) is 30. The third kappa shape index (κ3) is 37.0. The minimum Gasteiger partial charge on any atom is -0.479 e. The molecule has 1 fully saturated rings. The van der Waals surface area contributed by atoms with E-state index in [1.54, 1.807) is 0 Å². The summed E-state index contributed by atoms with van der Waals surface area (Å²) >= 11 is 0. The number of carboxylic acids is 1. The smallest absolute Gasteiger partial charge is 0.335 e. The molecule has 0 aliphatic carbocycles. The zero-order valence-corrected chi connectivity index (χ0v) is 42.7. The Kier molecular flexibility index (Phi) is 42.7. The molecule has 67 heavy (non-hydrogen) atoms. The number of hydrogen-bond donors (Lipinski definition) is 4. The van der Waals surface area contributed by atoms with Gasteiger partial charge >= 0.3 is 17.9 Å². The number of ether oxygens (including phenoxy) is 4. The standard InChI is InChI=1S/C56H100O11/c1-3-5-7-9-11-13-15-17-19-21-23-24-25-27-29-31-33-35-37-39-41-43-45-50(58)66-48(47-65-56-53(61)51(59)52(60)54(67-56)55(62)63)46-64-49(57)44-42-40-38-36-34-32-30-28-26-22-20-18-16-14-12-10-8-6-4-2/h12,14,18,20,26,28,48,51-54,56,59-61H,3-11,13,15-17,19,21-25,27,29-47H2,1-2H3,(H,62,63)/b14-12-,20-18-,28-26-. The number of carbonyl (C=O) groups is 3. The first-order valence-electron chi connectivity index (χ1n) is 27.5. The van der Waals surface area contributed by atoms with Crippen LogP contribution in [0.25, 0.3) is 0 Å². The van der Waals surface area contributed by atoms with Crippen LogP contribution < -0.4 is 0 Å². The second-order valence-corrected chi connectivity index (χ2v) is 19.1. The number of allylic oxidation sites excluding steroid dienone is 6. The molecule has 11 nitrogen and oxygen atoms in total. The van der Waals surface area contributed by atoms with Gasteiger partial charge in [0.2, 0.25) is 0 Å². The quantitative estimate of drug-likeness (QED) is 0.0260. The molecule has 0 radical (unpaired) electrons. The highest BCUT2D eigenvalue weighted by Crippen LogP contribution is 2.23. The summed E-state index contributed by atoms with van der Waals surface area (Å²) in [4.78, 5) is 37.1. The van der Waals surface area contributed by atoms with Gasteiger partial charge in [0.05, 0.1) is 6.61 Å². The van der Waals surface area contributed by atoms with E-state index >= 15 is 0 Å². The van der Waals surface area contributed by atoms with E-state index in [4.69, 9.17) is 18.9 Å². The molecule has 1 aliphatic heterocycles. The highest BCUT2D eigenvalue weighted by atomic mass is 16.7. The van der Waals surface area contributed by atoms with Crippen molar-refractivity contribution in [3.05, 3.63) is 36.5 Å². The van der Waals surface area contributed by atoms with Crippen LogP contribution in [0.15, 0.2) is 36.5 Å². The zero-order valence-electron chi connectivity index (χ0n) is 42.7. The highest BCUT2D eigenvalue weighted by molar-refractivity contribution is 5.73. The number of carbonyl (C=O) groups excluding carboxylic acids is 2. The molecule has 0 aromatic heterocycles. The molecule has 0 saturated carbocycles. The van der Waals surface area contributed by atoms with Crippen molar-refractivity contribution < 1.29 is 53.8 Å². The molecule has 0 aromatic carbocycles. The topological polar surface area (TPSA) is 169 Å². The Hall–Kier alpha value is -2.57. The van der Waals surface area contributed by atoms with Gasteiger partial charge in [-0.05, 0) is 51.4 Å². The highest BCUT2D eigenvalue weighted by Gasteiger charge is 2.47. The predicted octanol–water partition coefficient (Wildman–Crippen LogP) is 13.5. The normalized spacial score (nSPS) is 19.2. The first kappa shape index (κ1) is 62.4. The molecule has 1 saturated heterocycles. The summed E-state index contributed by atoms with van der Waals surface area (Å²) in [7, 11) is 0. The molecule has 6 unspecified atom stereocenters. The summed E-state index contributed by atoms with van der Waals surface area (Å²) in [5.74, 6) is -2.45. The van der Waals surface area contributed by atoms with Crippen molar-refractivity contribution in [2.24, 2.45) is 0 Å². The van der Waals surface area contributed by atoms with E-state index < -0.39 is 61.3 Å². The Labute approximate surface area is 408 Å². The van der Waals surface area contributed by atoms with Gasteiger partial charge in [-0.2, -0.15) is 0 Å². The van der Waals surface area contributed by atoms with Crippen LogP contribution in [-0.2, 0) is 33.3 Å². The lowest BCUT2D eigenvalue weighted by atomic mass is 9.99. The Bertz CT molecular complexity index is 1250. The molecule has 1 rings (SSSR count). The fourth-order valence-electron chi connectivity index (χ4n) is 8.42. The van der Waals surface area contributed by atoms with Gasteiger partial charge in [0.15, 0.2) is 18.5 Å². The number of aliphatic carboxylic acids is 1. The van der Waals surface area contributed by atoms with Crippen molar-refractivity contribution in [2.45, 2.75) is 288 Å². The Morgan fingerprint density at radius 3 is 1.28 bits per heavy atom. The van der Waals surface area contributed by atoms with Crippen LogP contribution in [0.1, 0.15) is 251 Å². The molecule has 390 valence electrons. The molecule has 1 aliphatic rings. The largest absolute Gasteiger partial charge is 0.479 e. The van der Waals surface area contributed by atoms with Crippen LogP contribution in [0, 0.1) is 0 Å². The molecule has 11 heteroatoms. The average molecular weight is 949 g/mol. The first-order chi connectivity index (χ1) is 32.7. The molecular weight excluding hydrogens is 849 g/mol. The number of hydrogen-bond acceptors (Lipinski definition) is 10. The van der Waals surface area contributed by atoms with Crippen molar-refractivity contribution in [1.82, 2.24) is 0 Å². The number of esters is 2. The SMILES string of the molecule is CCCCC/C=C\C/C=C\C/C=C\CCCCCCCCC(=O)OCC(COC1OC(C(=O)O)C(O)C(O)C1O)OC(=O)CCCCCCCCCCCCCCCCCCCCCCCC. The van der Waals surface area contributed by atoms with E-state index in [-0.39, 0.29) is 19.4 Å². The molecule has 4 N–H and O–H groups in total. The maximum absolute atomic E-state index is 12.9. The molecule has 0 amide bonds. The van der Waals surface area contributed by atoms with E-state index in [1.807, 2.05) is 0 Å². The predicted molar refractivity (Wildman–Crippen MR) is 271 cm³/mol. The Balaban J connectivity index is 2.27. The fraction of sp³-hybridized carbons (Fsp3) is 0.839. The zero-order chi connectivity index (χ0) is 48.8. The number of aliphatic hydroxyl groups excluding tert-OH is 3. The van der Waals surface area contributed by atoms with Crippen LogP contribution in [0.3, 0.4) is 0 Å². The van der Waals surface area contributed by atoms with Gasteiger partial charge in [0, 0.05) is 12.8 Å². The van der Waals surface area contributed by atoms with Crippen molar-refractivity contribution in [3.8, 4) is 0 Å². The van der Waals surface area contributed by atoms with Crippen LogP contribution in [0.4, 0.5) is 0 Å². The average Bonchev–Trinajstić information content (AvgIpc) is 3.31. The van der Waals surface area contributed by atoms with Crippen LogP contribution in [-0.4, -0.2) is 88.4 Å². The van der Waals surface area contributed by atoms with Crippen molar-refractivity contribution in [1.29, 1.82) is 0 Å². The first-order valence-corrected chi connectivity index (χ1v) is 27.5. The monoisotopic (exact) mass is 949 g/mol. The third-order valence-electron chi connectivity index (χ3n) is 12.7. The Morgan fingerprint density at radius 2 is 0.836 bits per heavy atom. The van der Waals surface area contributed by atoms with Crippen molar-refractivity contribution in [2.75, 3.05) is 13.2 Å². The molecule has 0 aromatic rings. The van der Waals surface area contributed by atoms with Crippen molar-refractivity contribution >= 4 is 17.9 Å². The maximum Gasteiger partial charge on any atom is 0.335 e. The number of aliphatic hydroxyl groups is 3. The maximum atomic E-state index is 12.9. The molecule has 0 bridgehead atoms. The van der Waals surface area contributed by atoms with E-state index in [9.17, 15) is 34.8 Å². The van der Waals surface area contributed by atoms with E-state index in [0.717, 1.165) is 70.6 Å². The van der Waals surface area contributed by atoms with Crippen LogP contribution >= 0.6 is 0 Å². The fourth-order valence-corrected chi connectivity index (χ4v) is 8.42. The summed E-state index contributed by atoms with van der Waals surface area (Å²) in [5.41, 5.74) is 0. The summed E-state index contributed by atoms with van der Waals surface area (Å²) in [5, 5.41) is 40.0. The minimum atomic E-state index is -1.86. The molecule has 6 atom stereocenters. The van der Waals surface area contributed by atoms with Gasteiger partial charge in [0.25, 0.3) is 0 Å². The minimum absolute atomic E-state index is 0.184. The van der Waals surface area contributed by atoms with E-state index in [2.05, 4.69) is 50.3 Å². The van der Waals surface area contributed by atoms with Crippen LogP contribution in [0.2, 0.25) is 0 Å².